The van der Waals surface area contributed by atoms with E-state index in [0.29, 0.717) is 24.1 Å². The van der Waals surface area contributed by atoms with Crippen molar-refractivity contribution in [3.63, 3.8) is 0 Å². The van der Waals surface area contributed by atoms with Gasteiger partial charge in [-0.3, -0.25) is 9.79 Å². The Morgan fingerprint density at radius 3 is 2.06 bits per heavy atom. The summed E-state index contributed by atoms with van der Waals surface area (Å²) in [7, 11) is 1.64. The van der Waals surface area contributed by atoms with Gasteiger partial charge in [-0.25, -0.2) is 4.39 Å². The first-order chi connectivity index (χ1) is 16.6. The average Bonchev–Trinajstić information content (AvgIpc) is 2.78. The lowest BCUT2D eigenvalue weighted by atomic mass is 9.94. The van der Waals surface area contributed by atoms with Gasteiger partial charge < -0.3 is 10.6 Å². The van der Waals surface area contributed by atoms with Gasteiger partial charge in [-0.2, -0.15) is 26.3 Å². The number of nitrogens with zero attached hydrogens (tertiary/aromatic N) is 2. The first kappa shape index (κ1) is 29.4. The number of nitrogens with two attached hydrogens (primary N) is 1. The number of alkyl halides is 7. The number of hydrogen-bond acceptors (Lipinski definition) is 3. The molecule has 0 aliphatic carbocycles. The zero-order chi connectivity index (χ0) is 27.5. The number of hydrogen-bond donors (Lipinski definition) is 1. The molecular weight excluding hydrogens is 538 g/mol. The van der Waals surface area contributed by atoms with Crippen molar-refractivity contribution in [3.8, 4) is 0 Å². The van der Waals surface area contributed by atoms with Crippen LogP contribution < -0.4 is 5.73 Å². The maximum absolute atomic E-state index is 14.4. The monoisotopic (exact) mass is 557 g/mol. The van der Waals surface area contributed by atoms with Gasteiger partial charge in [0.25, 0.3) is 0 Å². The molecule has 2 aromatic carbocycles. The Labute approximate surface area is 212 Å². The normalized spacial score (nSPS) is 13.4. The fourth-order valence-electron chi connectivity index (χ4n) is 3.20. The van der Waals surface area contributed by atoms with Crippen LogP contribution in [0.25, 0.3) is 5.57 Å². The number of amides is 1. The minimum Gasteiger partial charge on any atom is -0.404 e. The predicted molar refractivity (Wildman–Crippen MR) is 125 cm³/mol. The lowest BCUT2D eigenvalue weighted by molar-refractivity contribution is -0.348. The minimum absolute atomic E-state index is 0.0716. The summed E-state index contributed by atoms with van der Waals surface area (Å²) in [5.41, 5.74) is -0.664. The van der Waals surface area contributed by atoms with Crippen LogP contribution >= 0.6 is 23.2 Å². The predicted octanol–water partition coefficient (Wildman–Crippen LogP) is 7.35. The quantitative estimate of drug-likeness (QED) is 0.285. The lowest BCUT2D eigenvalue weighted by Crippen LogP contribution is -2.50. The van der Waals surface area contributed by atoms with Gasteiger partial charge in [0.2, 0.25) is 5.91 Å². The van der Waals surface area contributed by atoms with Crippen LogP contribution in [0, 0.1) is 0 Å². The van der Waals surface area contributed by atoms with E-state index < -0.39 is 39.3 Å². The molecule has 0 fully saturated rings. The number of carbonyl (C=O) groups excluding carboxylic acids is 1. The van der Waals surface area contributed by atoms with Crippen LogP contribution in [0.5, 0.6) is 0 Å². The number of benzene rings is 2. The summed E-state index contributed by atoms with van der Waals surface area (Å²) in [5.74, 6) is -0.0716. The number of aliphatic imine (C=N–C) groups is 1. The van der Waals surface area contributed by atoms with E-state index in [2.05, 4.69) is 4.99 Å². The molecule has 0 aliphatic heterocycles. The Morgan fingerprint density at radius 1 is 1.03 bits per heavy atom. The smallest absolute Gasteiger partial charge is 0.404 e. The van der Waals surface area contributed by atoms with Crippen molar-refractivity contribution in [2.45, 2.75) is 37.9 Å². The van der Waals surface area contributed by atoms with E-state index in [1.54, 1.807) is 38.2 Å². The molecule has 0 bridgehead atoms. The summed E-state index contributed by atoms with van der Waals surface area (Å²) in [6, 6.07) is 7.18. The van der Waals surface area contributed by atoms with Crippen LogP contribution in [0.4, 0.5) is 36.4 Å². The van der Waals surface area contributed by atoms with Crippen molar-refractivity contribution in [1.29, 1.82) is 0 Å². The topological polar surface area (TPSA) is 58.7 Å². The summed E-state index contributed by atoms with van der Waals surface area (Å²) in [6.07, 6.45) is -10.0. The molecule has 36 heavy (non-hydrogen) atoms. The summed E-state index contributed by atoms with van der Waals surface area (Å²) in [6.45, 7) is 2.03. The second kappa shape index (κ2) is 11.1. The highest BCUT2D eigenvalue weighted by atomic mass is 35.5. The average molecular weight is 558 g/mol. The molecule has 196 valence electrons. The minimum atomic E-state index is -6.32. The highest BCUT2D eigenvalue weighted by Gasteiger charge is 2.73. The summed E-state index contributed by atoms with van der Waals surface area (Å²) in [4.78, 5) is 17.3. The van der Waals surface area contributed by atoms with Crippen LogP contribution in [-0.4, -0.2) is 36.4 Å². The van der Waals surface area contributed by atoms with Crippen molar-refractivity contribution >= 4 is 46.6 Å². The molecule has 0 unspecified atom stereocenters. The molecule has 4 nitrogen and oxygen atoms in total. The fraction of sp³-hybridized carbons (Fsp3) is 0.304. The number of rotatable bonds is 7. The van der Waals surface area contributed by atoms with Gasteiger partial charge in [0.15, 0.2) is 0 Å². The highest BCUT2D eigenvalue weighted by Crippen LogP contribution is 2.54. The molecule has 2 N–H and O–H groups in total. The number of halogens is 9. The van der Waals surface area contributed by atoms with E-state index in [1.807, 2.05) is 0 Å². The molecular formula is C23H20Cl2F7N3O. The SMILES string of the molecule is CCC(=O)N(C)Cc1cccc(C(C=Nc2c(Cl)cc(C(F)(C(F)(F)F)C(F)(F)F)cc2Cl)=CN)c1. The molecule has 0 atom stereocenters. The van der Waals surface area contributed by atoms with Crippen molar-refractivity contribution in [3.05, 3.63) is 69.3 Å². The van der Waals surface area contributed by atoms with Gasteiger partial charge in [-0.1, -0.05) is 48.3 Å². The van der Waals surface area contributed by atoms with Crippen LogP contribution in [0.2, 0.25) is 10.0 Å². The van der Waals surface area contributed by atoms with Gasteiger partial charge in [0.05, 0.1) is 10.0 Å². The molecule has 0 spiro atoms. The molecule has 0 radical (unpaired) electrons. The zero-order valence-electron chi connectivity index (χ0n) is 18.8. The van der Waals surface area contributed by atoms with E-state index >= 15 is 0 Å². The highest BCUT2D eigenvalue weighted by molar-refractivity contribution is 6.39. The third-order valence-corrected chi connectivity index (χ3v) is 5.69. The van der Waals surface area contributed by atoms with E-state index in [4.69, 9.17) is 28.9 Å². The van der Waals surface area contributed by atoms with Crippen LogP contribution in [0.1, 0.15) is 30.0 Å². The maximum atomic E-state index is 14.4. The second-order valence-electron chi connectivity index (χ2n) is 7.63. The van der Waals surface area contributed by atoms with E-state index in [-0.39, 0.29) is 18.0 Å². The first-order valence-electron chi connectivity index (χ1n) is 10.2. The van der Waals surface area contributed by atoms with Gasteiger partial charge in [0, 0.05) is 43.6 Å². The largest absolute Gasteiger partial charge is 0.435 e. The molecule has 1 amide bonds. The second-order valence-corrected chi connectivity index (χ2v) is 8.44. The van der Waals surface area contributed by atoms with Crippen molar-refractivity contribution in [2.24, 2.45) is 10.7 Å². The van der Waals surface area contributed by atoms with Crippen LogP contribution in [0.3, 0.4) is 0 Å². The number of carbonyl (C=O) groups is 1. The Hall–Kier alpha value is -2.79. The van der Waals surface area contributed by atoms with E-state index in [0.717, 1.165) is 18.0 Å². The molecule has 13 heteroatoms. The molecule has 0 aliphatic rings. The summed E-state index contributed by atoms with van der Waals surface area (Å²) < 4.78 is 92.7. The third kappa shape index (κ3) is 6.12. The Morgan fingerprint density at radius 2 is 1.58 bits per heavy atom. The molecule has 2 rings (SSSR count). The lowest BCUT2D eigenvalue weighted by Gasteiger charge is -2.30. The van der Waals surface area contributed by atoms with Gasteiger partial charge in [-0.15, -0.1) is 0 Å². The summed E-state index contributed by atoms with van der Waals surface area (Å²) >= 11 is 11.7. The Kier molecular flexibility index (Phi) is 9.06. The van der Waals surface area contributed by atoms with Crippen molar-refractivity contribution in [2.75, 3.05) is 7.05 Å². The number of allylic oxidation sites excluding steroid dienone is 1. The maximum Gasteiger partial charge on any atom is 0.435 e. The van der Waals surface area contributed by atoms with Crippen molar-refractivity contribution < 1.29 is 35.5 Å². The Balaban J connectivity index is 2.42. The molecule has 0 aromatic heterocycles. The van der Waals surface area contributed by atoms with Crippen LogP contribution in [-0.2, 0) is 17.0 Å². The standard InChI is InChI=1S/C23H20Cl2F7N3O/c1-3-19(36)35(2)12-13-5-4-6-14(7-13)15(10-33)11-34-20-17(24)8-16(9-18(20)25)21(26,22(27,28)29)23(30,31)32/h4-11H,3,12,33H2,1-2H3. The molecule has 2 aromatic rings. The first-order valence-corrected chi connectivity index (χ1v) is 10.9. The van der Waals surface area contributed by atoms with E-state index in [1.165, 1.54) is 4.90 Å². The van der Waals surface area contributed by atoms with Gasteiger partial charge >= 0.3 is 18.0 Å². The molecule has 0 saturated heterocycles. The summed E-state index contributed by atoms with van der Waals surface area (Å²) in [5, 5.41) is -1.48. The van der Waals surface area contributed by atoms with Gasteiger partial charge in [0.1, 0.15) is 5.69 Å². The van der Waals surface area contributed by atoms with Crippen molar-refractivity contribution in [1.82, 2.24) is 4.90 Å². The third-order valence-electron chi connectivity index (χ3n) is 5.12. The molecule has 0 saturated carbocycles. The fourth-order valence-corrected chi connectivity index (χ4v) is 3.79. The van der Waals surface area contributed by atoms with Crippen LogP contribution in [0.15, 0.2) is 47.6 Å². The Bertz CT molecular complexity index is 1140. The van der Waals surface area contributed by atoms with Gasteiger partial charge in [-0.05, 0) is 29.3 Å². The molecule has 0 heterocycles. The zero-order valence-corrected chi connectivity index (χ0v) is 20.3. The van der Waals surface area contributed by atoms with E-state index in [9.17, 15) is 35.5 Å².